The van der Waals surface area contributed by atoms with E-state index in [-0.39, 0.29) is 12.1 Å². The average molecular weight is 344 g/mol. The Bertz CT molecular complexity index is 565. The van der Waals surface area contributed by atoms with Gasteiger partial charge in [0.15, 0.2) is 0 Å². The van der Waals surface area contributed by atoms with Gasteiger partial charge in [-0.05, 0) is 44.9 Å². The largest absolute Gasteiger partial charge is 0.444 e. The first-order valence-electron chi connectivity index (χ1n) is 7.92. The third-order valence-electron chi connectivity index (χ3n) is 3.67. The van der Waals surface area contributed by atoms with Gasteiger partial charge in [-0.2, -0.15) is 13.2 Å². The van der Waals surface area contributed by atoms with E-state index < -0.39 is 17.3 Å². The van der Waals surface area contributed by atoms with E-state index in [9.17, 15) is 18.0 Å². The Balaban J connectivity index is 1.94. The number of halogens is 3. The molecule has 1 atom stereocenters. The van der Waals surface area contributed by atoms with Crippen LogP contribution >= 0.6 is 0 Å². The SMILES string of the molecule is CC(C)(C)OC(=O)N1CCNC(Cc2ccc(C(F)(F)F)cc2)C1. The highest BCUT2D eigenvalue weighted by molar-refractivity contribution is 5.68. The molecule has 0 aromatic heterocycles. The number of ether oxygens (including phenoxy) is 1. The van der Waals surface area contributed by atoms with E-state index in [1.807, 2.05) is 20.8 Å². The summed E-state index contributed by atoms with van der Waals surface area (Å²) in [6.45, 7) is 7.09. The van der Waals surface area contributed by atoms with Gasteiger partial charge in [0.1, 0.15) is 5.60 Å². The van der Waals surface area contributed by atoms with Crippen LogP contribution in [0.5, 0.6) is 0 Å². The number of hydrogen-bond acceptors (Lipinski definition) is 3. The van der Waals surface area contributed by atoms with Crippen LogP contribution < -0.4 is 5.32 Å². The Morgan fingerprint density at radius 3 is 2.42 bits per heavy atom. The quantitative estimate of drug-likeness (QED) is 0.893. The second-order valence-corrected chi connectivity index (χ2v) is 6.98. The molecule has 1 amide bonds. The highest BCUT2D eigenvalue weighted by Gasteiger charge is 2.30. The molecule has 0 aliphatic carbocycles. The number of amides is 1. The summed E-state index contributed by atoms with van der Waals surface area (Å²) in [5, 5.41) is 3.29. The zero-order chi connectivity index (χ0) is 18.0. The predicted octanol–water partition coefficient (Wildman–Crippen LogP) is 3.46. The van der Waals surface area contributed by atoms with Crippen LogP contribution in [-0.2, 0) is 17.3 Å². The monoisotopic (exact) mass is 344 g/mol. The van der Waals surface area contributed by atoms with Crippen molar-refractivity contribution in [3.05, 3.63) is 35.4 Å². The first-order chi connectivity index (χ1) is 11.0. The van der Waals surface area contributed by atoms with Gasteiger partial charge >= 0.3 is 12.3 Å². The Kier molecular flexibility index (Phi) is 5.42. The van der Waals surface area contributed by atoms with Crippen LogP contribution in [0.1, 0.15) is 31.9 Å². The lowest BCUT2D eigenvalue weighted by atomic mass is 10.0. The minimum absolute atomic E-state index is 0.0111. The number of piperazine rings is 1. The number of carbonyl (C=O) groups excluding carboxylic acids is 1. The number of rotatable bonds is 2. The van der Waals surface area contributed by atoms with Crippen LogP contribution in [0.25, 0.3) is 0 Å². The standard InChI is InChI=1S/C17H23F3N2O2/c1-16(2,3)24-15(23)22-9-8-21-14(11-22)10-12-4-6-13(7-5-12)17(18,19)20/h4-7,14,21H,8-11H2,1-3H3. The van der Waals surface area contributed by atoms with Gasteiger partial charge in [-0.1, -0.05) is 12.1 Å². The normalized spacial score (nSPS) is 19.2. The number of nitrogens with zero attached hydrogens (tertiary/aromatic N) is 1. The lowest BCUT2D eigenvalue weighted by Crippen LogP contribution is -2.54. The number of benzene rings is 1. The predicted molar refractivity (Wildman–Crippen MR) is 84.7 cm³/mol. The zero-order valence-corrected chi connectivity index (χ0v) is 14.1. The Hall–Kier alpha value is -1.76. The molecule has 1 fully saturated rings. The van der Waals surface area contributed by atoms with Crippen LogP contribution in [0.2, 0.25) is 0 Å². The second-order valence-electron chi connectivity index (χ2n) is 6.98. The topological polar surface area (TPSA) is 41.6 Å². The Morgan fingerprint density at radius 2 is 1.88 bits per heavy atom. The van der Waals surface area contributed by atoms with Crippen molar-refractivity contribution >= 4 is 6.09 Å². The first kappa shape index (κ1) is 18.6. The third-order valence-corrected chi connectivity index (χ3v) is 3.67. The number of carbonyl (C=O) groups is 1. The maximum absolute atomic E-state index is 12.6. The van der Waals surface area contributed by atoms with Crippen molar-refractivity contribution < 1.29 is 22.7 Å². The molecule has 1 N–H and O–H groups in total. The Morgan fingerprint density at radius 1 is 1.25 bits per heavy atom. The van der Waals surface area contributed by atoms with Crippen molar-refractivity contribution in [2.75, 3.05) is 19.6 Å². The molecule has 0 spiro atoms. The van der Waals surface area contributed by atoms with Gasteiger partial charge in [0.25, 0.3) is 0 Å². The molecule has 4 nitrogen and oxygen atoms in total. The fourth-order valence-corrected chi connectivity index (χ4v) is 2.57. The summed E-state index contributed by atoms with van der Waals surface area (Å²) in [4.78, 5) is 13.8. The molecule has 0 bridgehead atoms. The average Bonchev–Trinajstić information content (AvgIpc) is 2.45. The number of nitrogens with one attached hydrogen (secondary N) is 1. The molecule has 1 unspecified atom stereocenters. The first-order valence-corrected chi connectivity index (χ1v) is 7.92. The molecule has 0 radical (unpaired) electrons. The Labute approximate surface area is 140 Å². The summed E-state index contributed by atoms with van der Waals surface area (Å²) in [5.41, 5.74) is -0.407. The van der Waals surface area contributed by atoms with Crippen LogP contribution in [0, 0.1) is 0 Å². The van der Waals surface area contributed by atoms with E-state index in [1.165, 1.54) is 12.1 Å². The van der Waals surface area contributed by atoms with E-state index in [2.05, 4.69) is 5.32 Å². The highest BCUT2D eigenvalue weighted by atomic mass is 19.4. The second kappa shape index (κ2) is 7.01. The maximum Gasteiger partial charge on any atom is 0.416 e. The molecular formula is C17H23F3N2O2. The molecule has 1 aliphatic heterocycles. The van der Waals surface area contributed by atoms with Crippen molar-refractivity contribution in [3.63, 3.8) is 0 Å². The van der Waals surface area contributed by atoms with Gasteiger partial charge < -0.3 is 15.0 Å². The lowest BCUT2D eigenvalue weighted by molar-refractivity contribution is -0.137. The fourth-order valence-electron chi connectivity index (χ4n) is 2.57. The summed E-state index contributed by atoms with van der Waals surface area (Å²) in [6, 6.07) is 5.13. The van der Waals surface area contributed by atoms with Gasteiger partial charge in [0.05, 0.1) is 5.56 Å². The molecule has 1 aromatic carbocycles. The fraction of sp³-hybridized carbons (Fsp3) is 0.588. The van der Waals surface area contributed by atoms with Crippen molar-refractivity contribution in [1.29, 1.82) is 0 Å². The van der Waals surface area contributed by atoms with Crippen LogP contribution in [-0.4, -0.2) is 42.3 Å². The smallest absolute Gasteiger partial charge is 0.416 e. The molecule has 24 heavy (non-hydrogen) atoms. The van der Waals surface area contributed by atoms with Crippen LogP contribution in [0.15, 0.2) is 24.3 Å². The van der Waals surface area contributed by atoms with Crippen LogP contribution in [0.3, 0.4) is 0 Å². The zero-order valence-electron chi connectivity index (χ0n) is 14.1. The molecule has 1 aromatic rings. The molecular weight excluding hydrogens is 321 g/mol. The van der Waals surface area contributed by atoms with Crippen molar-refractivity contribution in [1.82, 2.24) is 10.2 Å². The number of alkyl halides is 3. The summed E-state index contributed by atoms with van der Waals surface area (Å²) < 4.78 is 43.1. The molecule has 2 rings (SSSR count). The molecule has 134 valence electrons. The van der Waals surface area contributed by atoms with E-state index >= 15 is 0 Å². The summed E-state index contributed by atoms with van der Waals surface area (Å²) >= 11 is 0. The molecule has 1 aliphatic rings. The van der Waals surface area contributed by atoms with Crippen molar-refractivity contribution in [3.8, 4) is 0 Å². The maximum atomic E-state index is 12.6. The van der Waals surface area contributed by atoms with E-state index in [4.69, 9.17) is 4.74 Å². The van der Waals surface area contributed by atoms with Gasteiger partial charge in [-0.3, -0.25) is 0 Å². The lowest BCUT2D eigenvalue weighted by Gasteiger charge is -2.35. The van der Waals surface area contributed by atoms with Gasteiger partial charge in [-0.25, -0.2) is 4.79 Å². The van der Waals surface area contributed by atoms with Gasteiger partial charge in [0.2, 0.25) is 0 Å². The summed E-state index contributed by atoms with van der Waals surface area (Å²) in [6.07, 6.45) is -4.13. The van der Waals surface area contributed by atoms with E-state index in [0.29, 0.717) is 26.1 Å². The van der Waals surface area contributed by atoms with Crippen LogP contribution in [0.4, 0.5) is 18.0 Å². The molecule has 0 saturated carbocycles. The van der Waals surface area contributed by atoms with Gasteiger partial charge in [0, 0.05) is 25.7 Å². The summed E-state index contributed by atoms with van der Waals surface area (Å²) in [7, 11) is 0. The molecule has 1 heterocycles. The van der Waals surface area contributed by atoms with E-state index in [1.54, 1.807) is 4.90 Å². The van der Waals surface area contributed by atoms with Gasteiger partial charge in [-0.15, -0.1) is 0 Å². The summed E-state index contributed by atoms with van der Waals surface area (Å²) in [5.74, 6) is 0. The number of hydrogen-bond donors (Lipinski definition) is 1. The molecule has 1 saturated heterocycles. The highest BCUT2D eigenvalue weighted by Crippen LogP contribution is 2.29. The molecule has 7 heteroatoms. The van der Waals surface area contributed by atoms with Crippen molar-refractivity contribution in [2.45, 2.75) is 45.0 Å². The van der Waals surface area contributed by atoms with E-state index in [0.717, 1.165) is 17.7 Å². The minimum atomic E-state index is -4.32. The minimum Gasteiger partial charge on any atom is -0.444 e. The third kappa shape index (κ3) is 5.40. The van der Waals surface area contributed by atoms with Crippen molar-refractivity contribution in [2.24, 2.45) is 0 Å².